The van der Waals surface area contributed by atoms with Gasteiger partial charge in [-0.05, 0) is 24.3 Å². The Kier molecular flexibility index (Phi) is 5.43. The number of nitrogens with one attached hydrogen (secondary N) is 4. The molecule has 4 N–H and O–H groups in total. The topological polar surface area (TPSA) is 95.2 Å². The zero-order valence-corrected chi connectivity index (χ0v) is 15.5. The highest BCUT2D eigenvalue weighted by Gasteiger charge is 2.12. The van der Waals surface area contributed by atoms with Crippen LogP contribution in [0.2, 0.25) is 0 Å². The van der Waals surface area contributed by atoms with Gasteiger partial charge in [0.15, 0.2) is 0 Å². The van der Waals surface area contributed by atoms with Gasteiger partial charge in [0, 0.05) is 33.7 Å². The molecule has 0 saturated heterocycles. The number of amides is 3. The summed E-state index contributed by atoms with van der Waals surface area (Å²) in [5, 5.41) is 3.45. The molecule has 0 atom stereocenters. The van der Waals surface area contributed by atoms with Gasteiger partial charge in [-0.15, -0.1) is 0 Å². The van der Waals surface area contributed by atoms with Crippen molar-refractivity contribution in [2.45, 2.75) is 6.54 Å². The Morgan fingerprint density at radius 3 is 2.77 bits per heavy atom. The standard InChI is InChI=1S/C18H17BrN4O3/c1-26-16-7-6-12(19)8-11(16)9-21-18(25)23-22-17(24)14-10-20-15-5-3-2-4-13(14)15/h2-8,10,20H,9H2,1H3,(H,22,24)(H2,21,23,25). The number of benzene rings is 2. The van der Waals surface area contributed by atoms with Crippen molar-refractivity contribution >= 4 is 38.8 Å². The molecule has 3 rings (SSSR count). The molecular formula is C18H17BrN4O3. The molecule has 3 amide bonds. The molecule has 0 saturated carbocycles. The van der Waals surface area contributed by atoms with Gasteiger partial charge < -0.3 is 15.0 Å². The summed E-state index contributed by atoms with van der Waals surface area (Å²) >= 11 is 3.38. The third kappa shape index (κ3) is 3.97. The molecule has 0 aliphatic rings. The van der Waals surface area contributed by atoms with Crippen LogP contribution in [0.1, 0.15) is 15.9 Å². The van der Waals surface area contributed by atoms with Crippen LogP contribution in [0, 0.1) is 0 Å². The highest BCUT2D eigenvalue weighted by Crippen LogP contribution is 2.22. The van der Waals surface area contributed by atoms with E-state index in [4.69, 9.17) is 4.74 Å². The average molecular weight is 417 g/mol. The van der Waals surface area contributed by atoms with Crippen molar-refractivity contribution in [2.24, 2.45) is 0 Å². The third-order valence-corrected chi connectivity index (χ3v) is 4.30. The number of hydrogen-bond acceptors (Lipinski definition) is 3. The smallest absolute Gasteiger partial charge is 0.333 e. The fraction of sp³-hybridized carbons (Fsp3) is 0.111. The number of aromatic amines is 1. The monoisotopic (exact) mass is 416 g/mol. The molecule has 26 heavy (non-hydrogen) atoms. The number of rotatable bonds is 4. The molecule has 7 nitrogen and oxygen atoms in total. The Balaban J connectivity index is 1.56. The second-order valence-electron chi connectivity index (χ2n) is 5.47. The number of aromatic nitrogens is 1. The van der Waals surface area contributed by atoms with Crippen molar-refractivity contribution in [1.29, 1.82) is 0 Å². The Labute approximate surface area is 158 Å². The number of methoxy groups -OCH3 is 1. The summed E-state index contributed by atoms with van der Waals surface area (Å²) in [5.41, 5.74) is 6.84. The fourth-order valence-electron chi connectivity index (χ4n) is 2.55. The molecule has 0 bridgehead atoms. The minimum atomic E-state index is -0.528. The van der Waals surface area contributed by atoms with E-state index in [9.17, 15) is 9.59 Å². The van der Waals surface area contributed by atoms with Gasteiger partial charge in [0.1, 0.15) is 5.75 Å². The van der Waals surface area contributed by atoms with Gasteiger partial charge in [-0.3, -0.25) is 10.2 Å². The minimum Gasteiger partial charge on any atom is -0.496 e. The van der Waals surface area contributed by atoms with Crippen LogP contribution in [-0.2, 0) is 6.54 Å². The largest absolute Gasteiger partial charge is 0.496 e. The number of H-pyrrole nitrogens is 1. The highest BCUT2D eigenvalue weighted by molar-refractivity contribution is 9.10. The number of carbonyl (C=O) groups is 2. The molecular weight excluding hydrogens is 400 g/mol. The lowest BCUT2D eigenvalue weighted by Crippen LogP contribution is -2.46. The molecule has 0 spiro atoms. The van der Waals surface area contributed by atoms with Gasteiger partial charge in [0.25, 0.3) is 5.91 Å². The maximum atomic E-state index is 12.2. The molecule has 0 aliphatic carbocycles. The van der Waals surface area contributed by atoms with Gasteiger partial charge in [-0.1, -0.05) is 34.1 Å². The second kappa shape index (κ2) is 7.92. The molecule has 1 aromatic heterocycles. The summed E-state index contributed by atoms with van der Waals surface area (Å²) in [7, 11) is 1.56. The van der Waals surface area contributed by atoms with E-state index in [2.05, 4.69) is 37.1 Å². The van der Waals surface area contributed by atoms with E-state index in [0.717, 1.165) is 20.9 Å². The Hall–Kier alpha value is -3.00. The lowest BCUT2D eigenvalue weighted by atomic mass is 10.2. The predicted molar refractivity (Wildman–Crippen MR) is 102 cm³/mol. The van der Waals surface area contributed by atoms with Crippen LogP contribution in [0.4, 0.5) is 4.79 Å². The van der Waals surface area contributed by atoms with Gasteiger partial charge in [-0.25, -0.2) is 10.2 Å². The summed E-state index contributed by atoms with van der Waals surface area (Å²) in [6.07, 6.45) is 1.60. The number of fused-ring (bicyclic) bond motifs is 1. The molecule has 1 heterocycles. The zero-order chi connectivity index (χ0) is 18.5. The van der Waals surface area contributed by atoms with Crippen molar-refractivity contribution in [1.82, 2.24) is 21.2 Å². The van der Waals surface area contributed by atoms with Crippen molar-refractivity contribution in [2.75, 3.05) is 7.11 Å². The molecule has 2 aromatic carbocycles. The highest BCUT2D eigenvalue weighted by atomic mass is 79.9. The number of hydrogen-bond donors (Lipinski definition) is 4. The van der Waals surface area contributed by atoms with Crippen LogP contribution in [0.5, 0.6) is 5.75 Å². The Morgan fingerprint density at radius 1 is 1.15 bits per heavy atom. The maximum absolute atomic E-state index is 12.2. The molecule has 0 unspecified atom stereocenters. The summed E-state index contributed by atoms with van der Waals surface area (Å²) < 4.78 is 6.13. The third-order valence-electron chi connectivity index (χ3n) is 3.81. The maximum Gasteiger partial charge on any atom is 0.333 e. The first-order valence-electron chi connectivity index (χ1n) is 7.81. The number of carbonyl (C=O) groups excluding carboxylic acids is 2. The van der Waals surface area contributed by atoms with E-state index < -0.39 is 11.9 Å². The fourth-order valence-corrected chi connectivity index (χ4v) is 2.95. The van der Waals surface area contributed by atoms with Crippen LogP contribution < -0.4 is 20.9 Å². The van der Waals surface area contributed by atoms with Crippen molar-refractivity contribution < 1.29 is 14.3 Å². The SMILES string of the molecule is COc1ccc(Br)cc1CNC(=O)NNC(=O)c1c[nH]c2ccccc12. The van der Waals surface area contributed by atoms with Gasteiger partial charge >= 0.3 is 6.03 Å². The second-order valence-corrected chi connectivity index (χ2v) is 6.38. The van der Waals surface area contributed by atoms with E-state index in [1.54, 1.807) is 19.4 Å². The molecule has 0 aliphatic heterocycles. The summed E-state index contributed by atoms with van der Waals surface area (Å²) in [4.78, 5) is 27.2. The first kappa shape index (κ1) is 17.8. The van der Waals surface area contributed by atoms with Crippen LogP contribution >= 0.6 is 15.9 Å². The molecule has 134 valence electrons. The van der Waals surface area contributed by atoms with E-state index in [-0.39, 0.29) is 6.54 Å². The lowest BCUT2D eigenvalue weighted by Gasteiger charge is -2.11. The Bertz CT molecular complexity index is 955. The average Bonchev–Trinajstić information content (AvgIpc) is 3.08. The summed E-state index contributed by atoms with van der Waals surface area (Å²) in [6.45, 7) is 0.247. The van der Waals surface area contributed by atoms with E-state index in [0.29, 0.717) is 11.3 Å². The molecule has 0 radical (unpaired) electrons. The first-order valence-corrected chi connectivity index (χ1v) is 8.60. The summed E-state index contributed by atoms with van der Waals surface area (Å²) in [6, 6.07) is 12.4. The number of hydrazine groups is 1. The number of ether oxygens (including phenoxy) is 1. The van der Waals surface area contributed by atoms with Gasteiger partial charge in [-0.2, -0.15) is 0 Å². The van der Waals surface area contributed by atoms with Crippen LogP contribution in [-0.4, -0.2) is 24.0 Å². The normalized spacial score (nSPS) is 10.4. The quantitative estimate of drug-likeness (QED) is 0.492. The van der Waals surface area contributed by atoms with Crippen LogP contribution in [0.15, 0.2) is 53.1 Å². The zero-order valence-electron chi connectivity index (χ0n) is 13.9. The van der Waals surface area contributed by atoms with Crippen LogP contribution in [0.25, 0.3) is 10.9 Å². The van der Waals surface area contributed by atoms with Crippen molar-refractivity contribution in [3.8, 4) is 5.75 Å². The minimum absolute atomic E-state index is 0.247. The lowest BCUT2D eigenvalue weighted by molar-refractivity contribution is 0.0938. The van der Waals surface area contributed by atoms with Gasteiger partial charge in [0.05, 0.1) is 12.7 Å². The van der Waals surface area contributed by atoms with Crippen molar-refractivity contribution in [3.63, 3.8) is 0 Å². The van der Waals surface area contributed by atoms with E-state index in [1.165, 1.54) is 0 Å². The first-order chi connectivity index (χ1) is 12.6. The number of para-hydroxylation sites is 1. The number of halogens is 1. The van der Waals surface area contributed by atoms with Crippen molar-refractivity contribution in [3.05, 3.63) is 64.3 Å². The predicted octanol–water partition coefficient (Wildman–Crippen LogP) is 3.08. The number of urea groups is 1. The molecule has 3 aromatic rings. The molecule has 0 fully saturated rings. The summed E-state index contributed by atoms with van der Waals surface area (Å²) in [5.74, 6) is 0.258. The van der Waals surface area contributed by atoms with E-state index >= 15 is 0 Å². The Morgan fingerprint density at radius 2 is 1.96 bits per heavy atom. The van der Waals surface area contributed by atoms with Gasteiger partial charge in [0.2, 0.25) is 0 Å². The van der Waals surface area contributed by atoms with E-state index in [1.807, 2.05) is 36.4 Å². The van der Waals surface area contributed by atoms with Crippen LogP contribution in [0.3, 0.4) is 0 Å². The molecule has 8 heteroatoms.